The molecule has 0 aromatic carbocycles. The molecule has 2 aliphatic rings. The van der Waals surface area contributed by atoms with Crippen molar-refractivity contribution in [3.8, 4) is 0 Å². The Morgan fingerprint density at radius 3 is 2.17 bits per heavy atom. The Labute approximate surface area is 110 Å². The van der Waals surface area contributed by atoms with Gasteiger partial charge in [0.25, 0.3) is 5.91 Å². The predicted octanol–water partition coefficient (Wildman–Crippen LogP) is 2.69. The van der Waals surface area contributed by atoms with E-state index in [4.69, 9.17) is 0 Å². The first-order valence-corrected chi connectivity index (χ1v) is 7.42. The first kappa shape index (κ1) is 13.6. The molecule has 3 heteroatoms. The number of carbonyl (C=O) groups excluding carboxylic acids is 2. The van der Waals surface area contributed by atoms with E-state index in [0.717, 1.165) is 24.7 Å². The normalized spacial score (nSPS) is 28.8. The van der Waals surface area contributed by atoms with Crippen LogP contribution in [0.4, 0.5) is 0 Å². The molecule has 0 aromatic heterocycles. The Balaban J connectivity index is 1.69. The fourth-order valence-corrected chi connectivity index (χ4v) is 3.29. The quantitative estimate of drug-likeness (QED) is 0.781. The lowest BCUT2D eigenvalue weighted by atomic mass is 9.67. The van der Waals surface area contributed by atoms with Gasteiger partial charge in [-0.15, -0.1) is 0 Å². The van der Waals surface area contributed by atoms with Crippen LogP contribution in [0.1, 0.15) is 58.8 Å². The molecule has 18 heavy (non-hydrogen) atoms. The smallest absolute Gasteiger partial charge is 0.287 e. The Hall–Kier alpha value is -0.860. The molecular weight excluding hydrogens is 226 g/mol. The summed E-state index contributed by atoms with van der Waals surface area (Å²) in [4.78, 5) is 23.1. The zero-order chi connectivity index (χ0) is 13.1. The van der Waals surface area contributed by atoms with Gasteiger partial charge in [0, 0.05) is 12.0 Å². The maximum absolute atomic E-state index is 11.6. The van der Waals surface area contributed by atoms with Gasteiger partial charge in [0.05, 0.1) is 0 Å². The van der Waals surface area contributed by atoms with Crippen LogP contribution >= 0.6 is 0 Å². The molecule has 0 bridgehead atoms. The van der Waals surface area contributed by atoms with E-state index in [9.17, 15) is 9.59 Å². The molecule has 2 saturated carbocycles. The van der Waals surface area contributed by atoms with Crippen molar-refractivity contribution in [2.75, 3.05) is 0 Å². The summed E-state index contributed by atoms with van der Waals surface area (Å²) in [6, 6.07) is 0.257. The fourth-order valence-electron chi connectivity index (χ4n) is 3.29. The summed E-state index contributed by atoms with van der Waals surface area (Å²) in [7, 11) is 0. The number of amides is 1. The van der Waals surface area contributed by atoms with E-state index in [1.807, 2.05) is 0 Å². The average Bonchev–Trinajstić information content (AvgIpc) is 2.32. The maximum Gasteiger partial charge on any atom is 0.287 e. The molecule has 0 saturated heterocycles. The standard InChI is InChI=1S/C15H25NO2/c1-10(2)14(17)15(18)16-13-8-12(9-13)11-6-4-3-5-7-11/h10-13H,3-9H2,1-2H3,(H,16,18). The molecule has 0 aliphatic heterocycles. The third kappa shape index (κ3) is 3.12. The molecule has 1 amide bonds. The number of hydrogen-bond acceptors (Lipinski definition) is 2. The van der Waals surface area contributed by atoms with Gasteiger partial charge in [-0.05, 0) is 24.7 Å². The highest BCUT2D eigenvalue weighted by atomic mass is 16.2. The Kier molecular flexibility index (Phi) is 4.41. The highest BCUT2D eigenvalue weighted by molar-refractivity contribution is 6.36. The van der Waals surface area contributed by atoms with Crippen molar-refractivity contribution in [1.29, 1.82) is 0 Å². The highest BCUT2D eigenvalue weighted by Crippen LogP contribution is 2.41. The van der Waals surface area contributed by atoms with E-state index in [0.29, 0.717) is 0 Å². The van der Waals surface area contributed by atoms with Crippen LogP contribution in [0.5, 0.6) is 0 Å². The van der Waals surface area contributed by atoms with E-state index in [1.165, 1.54) is 32.1 Å². The Bertz CT molecular complexity index is 312. The van der Waals surface area contributed by atoms with Gasteiger partial charge in [-0.25, -0.2) is 0 Å². The molecule has 2 aliphatic carbocycles. The minimum absolute atomic E-state index is 0.195. The monoisotopic (exact) mass is 251 g/mol. The number of carbonyl (C=O) groups is 2. The second kappa shape index (κ2) is 5.85. The van der Waals surface area contributed by atoms with Crippen LogP contribution in [0.2, 0.25) is 0 Å². The van der Waals surface area contributed by atoms with Crippen molar-refractivity contribution in [3.63, 3.8) is 0 Å². The minimum atomic E-state index is -0.378. The lowest BCUT2D eigenvalue weighted by molar-refractivity contribution is -0.140. The summed E-state index contributed by atoms with van der Waals surface area (Å²) in [5, 5.41) is 2.88. The van der Waals surface area contributed by atoms with Crippen molar-refractivity contribution in [2.24, 2.45) is 17.8 Å². The van der Waals surface area contributed by atoms with E-state index >= 15 is 0 Å². The van der Waals surface area contributed by atoms with Crippen LogP contribution in [-0.4, -0.2) is 17.7 Å². The number of Topliss-reactive ketones (excluding diaryl/α,β-unsaturated/α-hetero) is 1. The van der Waals surface area contributed by atoms with Crippen LogP contribution in [0.15, 0.2) is 0 Å². The predicted molar refractivity (Wildman–Crippen MR) is 71.1 cm³/mol. The molecule has 3 nitrogen and oxygen atoms in total. The van der Waals surface area contributed by atoms with Gasteiger partial charge in [-0.2, -0.15) is 0 Å². The first-order valence-electron chi connectivity index (χ1n) is 7.42. The second-order valence-electron chi connectivity index (χ2n) is 6.32. The molecular formula is C15H25NO2. The topological polar surface area (TPSA) is 46.2 Å². The van der Waals surface area contributed by atoms with E-state index in [1.54, 1.807) is 13.8 Å². The van der Waals surface area contributed by atoms with Crippen LogP contribution in [0.25, 0.3) is 0 Å². The summed E-state index contributed by atoms with van der Waals surface area (Å²) < 4.78 is 0. The second-order valence-corrected chi connectivity index (χ2v) is 6.32. The molecule has 0 heterocycles. The van der Waals surface area contributed by atoms with Crippen molar-refractivity contribution >= 4 is 11.7 Å². The molecule has 1 N–H and O–H groups in total. The van der Waals surface area contributed by atoms with Crippen molar-refractivity contribution < 1.29 is 9.59 Å². The highest BCUT2D eigenvalue weighted by Gasteiger charge is 2.36. The third-order valence-electron chi connectivity index (χ3n) is 4.57. The summed E-state index contributed by atoms with van der Waals surface area (Å²) in [5.74, 6) is 0.824. The Morgan fingerprint density at radius 1 is 1.00 bits per heavy atom. The van der Waals surface area contributed by atoms with Gasteiger partial charge in [0.15, 0.2) is 0 Å². The average molecular weight is 251 g/mol. The number of nitrogens with one attached hydrogen (secondary N) is 1. The number of rotatable bonds is 4. The van der Waals surface area contributed by atoms with Crippen molar-refractivity contribution in [3.05, 3.63) is 0 Å². The molecule has 0 aromatic rings. The number of hydrogen-bond donors (Lipinski definition) is 1. The molecule has 102 valence electrons. The van der Waals surface area contributed by atoms with E-state index < -0.39 is 0 Å². The largest absolute Gasteiger partial charge is 0.347 e. The lowest BCUT2D eigenvalue weighted by Gasteiger charge is -2.42. The molecule has 0 spiro atoms. The van der Waals surface area contributed by atoms with Gasteiger partial charge in [-0.1, -0.05) is 46.0 Å². The van der Waals surface area contributed by atoms with Gasteiger partial charge < -0.3 is 5.32 Å². The summed E-state index contributed by atoms with van der Waals surface area (Å²) in [6.07, 6.45) is 9.07. The van der Waals surface area contributed by atoms with Crippen molar-refractivity contribution in [2.45, 2.75) is 64.8 Å². The molecule has 2 fully saturated rings. The maximum atomic E-state index is 11.6. The summed E-state index contributed by atoms with van der Waals surface area (Å²) >= 11 is 0. The lowest BCUT2D eigenvalue weighted by Crippen LogP contribution is -2.49. The van der Waals surface area contributed by atoms with Gasteiger partial charge in [0.1, 0.15) is 0 Å². The van der Waals surface area contributed by atoms with Gasteiger partial charge in [-0.3, -0.25) is 9.59 Å². The summed E-state index contributed by atoms with van der Waals surface area (Å²) in [5.41, 5.74) is 0. The van der Waals surface area contributed by atoms with Gasteiger partial charge >= 0.3 is 0 Å². The fraction of sp³-hybridized carbons (Fsp3) is 0.867. The van der Waals surface area contributed by atoms with E-state index in [2.05, 4.69) is 5.32 Å². The van der Waals surface area contributed by atoms with Crippen LogP contribution in [0, 0.1) is 17.8 Å². The van der Waals surface area contributed by atoms with Crippen LogP contribution in [-0.2, 0) is 9.59 Å². The molecule has 0 radical (unpaired) electrons. The summed E-state index contributed by atoms with van der Waals surface area (Å²) in [6.45, 7) is 3.54. The first-order chi connectivity index (χ1) is 8.58. The zero-order valence-electron chi connectivity index (χ0n) is 11.6. The van der Waals surface area contributed by atoms with E-state index in [-0.39, 0.29) is 23.7 Å². The number of ketones is 1. The SMILES string of the molecule is CC(C)C(=O)C(=O)NC1CC(C2CCCCC2)C1. The Morgan fingerprint density at radius 2 is 1.61 bits per heavy atom. The van der Waals surface area contributed by atoms with Crippen molar-refractivity contribution in [1.82, 2.24) is 5.32 Å². The molecule has 0 unspecified atom stereocenters. The zero-order valence-corrected chi connectivity index (χ0v) is 11.6. The van der Waals surface area contributed by atoms with Crippen LogP contribution in [0.3, 0.4) is 0 Å². The third-order valence-corrected chi connectivity index (χ3v) is 4.57. The minimum Gasteiger partial charge on any atom is -0.347 e. The van der Waals surface area contributed by atoms with Gasteiger partial charge in [0.2, 0.25) is 5.78 Å². The van der Waals surface area contributed by atoms with Crippen LogP contribution < -0.4 is 5.32 Å². The molecule has 0 atom stereocenters. The molecule has 2 rings (SSSR count).